The lowest BCUT2D eigenvalue weighted by Gasteiger charge is -2.22. The van der Waals surface area contributed by atoms with Crippen LogP contribution in [0.15, 0.2) is 5.38 Å². The Morgan fingerprint density at radius 1 is 1.39 bits per heavy atom. The summed E-state index contributed by atoms with van der Waals surface area (Å²) in [4.78, 5) is 15.8. The Labute approximate surface area is 111 Å². The fourth-order valence-electron chi connectivity index (χ4n) is 2.77. The summed E-state index contributed by atoms with van der Waals surface area (Å²) in [6, 6.07) is 0.379. The molecule has 0 unspecified atom stereocenters. The third-order valence-corrected chi connectivity index (χ3v) is 4.97. The van der Waals surface area contributed by atoms with Crippen molar-refractivity contribution in [2.75, 3.05) is 13.2 Å². The molecule has 0 atom stereocenters. The molecule has 2 aliphatic carbocycles. The molecule has 1 N–H and O–H groups in total. The highest BCUT2D eigenvalue weighted by molar-refractivity contribution is 7.10. The molecule has 2 aliphatic rings. The highest BCUT2D eigenvalue weighted by atomic mass is 32.1. The maximum atomic E-state index is 12.6. The van der Waals surface area contributed by atoms with E-state index in [2.05, 4.69) is 0 Å². The highest BCUT2D eigenvalue weighted by Crippen LogP contribution is 2.33. The molecule has 1 aromatic rings. The van der Waals surface area contributed by atoms with Gasteiger partial charge in [0.05, 0.1) is 12.2 Å². The molecule has 0 radical (unpaired) electrons. The average Bonchev–Trinajstić information content (AvgIpc) is 3.14. The molecule has 0 aliphatic heterocycles. The summed E-state index contributed by atoms with van der Waals surface area (Å²) in [7, 11) is 0. The van der Waals surface area contributed by atoms with Crippen molar-refractivity contribution in [3.8, 4) is 0 Å². The van der Waals surface area contributed by atoms with Gasteiger partial charge in [-0.25, -0.2) is 0 Å². The SMILES string of the molecule is O=C(c1csc2c1CCCC2)N(CCO)C1CC1. The van der Waals surface area contributed by atoms with E-state index in [1.165, 1.54) is 23.3 Å². The first-order valence-corrected chi connectivity index (χ1v) is 7.70. The summed E-state index contributed by atoms with van der Waals surface area (Å²) >= 11 is 1.74. The number of fused-ring (bicyclic) bond motifs is 1. The molecule has 1 amide bonds. The fourth-order valence-corrected chi connectivity index (χ4v) is 3.89. The Morgan fingerprint density at radius 3 is 2.89 bits per heavy atom. The van der Waals surface area contributed by atoms with Crippen LogP contribution in [0.5, 0.6) is 0 Å². The van der Waals surface area contributed by atoms with Crippen molar-refractivity contribution in [2.24, 2.45) is 0 Å². The van der Waals surface area contributed by atoms with Crippen molar-refractivity contribution >= 4 is 17.2 Å². The van der Waals surface area contributed by atoms with Gasteiger partial charge in [0.2, 0.25) is 0 Å². The minimum Gasteiger partial charge on any atom is -0.395 e. The number of amides is 1. The van der Waals surface area contributed by atoms with Crippen LogP contribution < -0.4 is 0 Å². The average molecular weight is 265 g/mol. The van der Waals surface area contributed by atoms with Crippen molar-refractivity contribution in [2.45, 2.75) is 44.6 Å². The zero-order valence-electron chi connectivity index (χ0n) is 10.5. The third kappa shape index (κ3) is 2.19. The van der Waals surface area contributed by atoms with Crippen LogP contribution in [0.4, 0.5) is 0 Å². The minimum atomic E-state index is 0.0641. The van der Waals surface area contributed by atoms with Gasteiger partial charge in [0, 0.05) is 22.8 Å². The minimum absolute atomic E-state index is 0.0641. The monoisotopic (exact) mass is 265 g/mol. The van der Waals surface area contributed by atoms with E-state index in [1.807, 2.05) is 10.3 Å². The molecule has 4 heteroatoms. The molecule has 0 aromatic carbocycles. The zero-order valence-corrected chi connectivity index (χ0v) is 11.3. The van der Waals surface area contributed by atoms with E-state index < -0.39 is 0 Å². The topological polar surface area (TPSA) is 40.5 Å². The Kier molecular flexibility index (Phi) is 3.39. The van der Waals surface area contributed by atoms with Crippen LogP contribution in [0, 0.1) is 0 Å². The molecule has 18 heavy (non-hydrogen) atoms. The van der Waals surface area contributed by atoms with E-state index in [4.69, 9.17) is 5.11 Å². The number of rotatable bonds is 4. The van der Waals surface area contributed by atoms with Crippen molar-refractivity contribution in [3.63, 3.8) is 0 Å². The quantitative estimate of drug-likeness (QED) is 0.907. The summed E-state index contributed by atoms with van der Waals surface area (Å²) in [5, 5.41) is 11.1. The molecule has 1 aromatic heterocycles. The number of carbonyl (C=O) groups excluding carboxylic acids is 1. The summed E-state index contributed by atoms with van der Waals surface area (Å²) in [5.74, 6) is 0.144. The van der Waals surface area contributed by atoms with E-state index in [0.29, 0.717) is 12.6 Å². The second-order valence-electron chi connectivity index (χ2n) is 5.21. The summed E-state index contributed by atoms with van der Waals surface area (Å²) in [6.07, 6.45) is 6.84. The number of hydrogen-bond donors (Lipinski definition) is 1. The maximum absolute atomic E-state index is 12.6. The molecule has 0 spiro atoms. The maximum Gasteiger partial charge on any atom is 0.255 e. The smallest absolute Gasteiger partial charge is 0.255 e. The molecule has 1 fully saturated rings. The van der Waals surface area contributed by atoms with E-state index in [-0.39, 0.29) is 12.5 Å². The normalized spacial score (nSPS) is 18.5. The van der Waals surface area contributed by atoms with Crippen LogP contribution in [-0.4, -0.2) is 35.1 Å². The van der Waals surface area contributed by atoms with Gasteiger partial charge in [-0.05, 0) is 44.1 Å². The van der Waals surface area contributed by atoms with Crippen molar-refractivity contribution < 1.29 is 9.90 Å². The van der Waals surface area contributed by atoms with Gasteiger partial charge < -0.3 is 10.0 Å². The number of aliphatic hydroxyl groups is 1. The lowest BCUT2D eigenvalue weighted by Crippen LogP contribution is -2.35. The second-order valence-corrected chi connectivity index (χ2v) is 6.18. The van der Waals surface area contributed by atoms with Crippen LogP contribution in [0.2, 0.25) is 0 Å². The Bertz CT molecular complexity index is 451. The molecule has 0 bridgehead atoms. The van der Waals surface area contributed by atoms with Crippen molar-refractivity contribution in [1.82, 2.24) is 4.90 Å². The van der Waals surface area contributed by atoms with E-state index in [0.717, 1.165) is 31.2 Å². The lowest BCUT2D eigenvalue weighted by molar-refractivity contribution is 0.0707. The predicted octanol–water partition coefficient (Wildman–Crippen LogP) is 2.22. The molecule has 3 nitrogen and oxygen atoms in total. The van der Waals surface area contributed by atoms with Gasteiger partial charge in [-0.15, -0.1) is 11.3 Å². The number of carbonyl (C=O) groups is 1. The fraction of sp³-hybridized carbons (Fsp3) is 0.643. The number of nitrogens with zero attached hydrogens (tertiary/aromatic N) is 1. The second kappa shape index (κ2) is 5.02. The van der Waals surface area contributed by atoms with Gasteiger partial charge in [0.1, 0.15) is 0 Å². The van der Waals surface area contributed by atoms with Crippen LogP contribution in [0.1, 0.15) is 46.5 Å². The van der Waals surface area contributed by atoms with Gasteiger partial charge in [-0.1, -0.05) is 0 Å². The first-order valence-electron chi connectivity index (χ1n) is 6.82. The third-order valence-electron chi connectivity index (χ3n) is 3.88. The number of thiophene rings is 1. The lowest BCUT2D eigenvalue weighted by atomic mass is 9.95. The van der Waals surface area contributed by atoms with Crippen LogP contribution in [0.3, 0.4) is 0 Å². The standard InChI is InChI=1S/C14H19NO2S/c16-8-7-15(10-5-6-10)14(17)12-9-18-13-4-2-1-3-11(12)13/h9-10,16H,1-8H2. The van der Waals surface area contributed by atoms with Crippen LogP contribution in [-0.2, 0) is 12.8 Å². The Balaban J connectivity index is 1.84. The van der Waals surface area contributed by atoms with Gasteiger partial charge in [0.15, 0.2) is 0 Å². The zero-order chi connectivity index (χ0) is 12.5. The number of aryl methyl sites for hydroxylation is 1. The molecule has 98 valence electrons. The van der Waals surface area contributed by atoms with Gasteiger partial charge in [-0.3, -0.25) is 4.79 Å². The Morgan fingerprint density at radius 2 is 2.17 bits per heavy atom. The molecule has 0 saturated heterocycles. The largest absolute Gasteiger partial charge is 0.395 e. The van der Waals surface area contributed by atoms with E-state index >= 15 is 0 Å². The highest BCUT2D eigenvalue weighted by Gasteiger charge is 2.34. The summed E-state index contributed by atoms with van der Waals surface area (Å²) in [6.45, 7) is 0.544. The van der Waals surface area contributed by atoms with E-state index in [1.54, 1.807) is 11.3 Å². The van der Waals surface area contributed by atoms with E-state index in [9.17, 15) is 4.79 Å². The van der Waals surface area contributed by atoms with Crippen molar-refractivity contribution in [1.29, 1.82) is 0 Å². The summed E-state index contributed by atoms with van der Waals surface area (Å²) in [5.41, 5.74) is 2.20. The Hall–Kier alpha value is -0.870. The molecular formula is C14H19NO2S. The van der Waals surface area contributed by atoms with Gasteiger partial charge in [-0.2, -0.15) is 0 Å². The van der Waals surface area contributed by atoms with Gasteiger partial charge >= 0.3 is 0 Å². The summed E-state index contributed by atoms with van der Waals surface area (Å²) < 4.78 is 0. The molecule has 1 saturated carbocycles. The number of hydrogen-bond acceptors (Lipinski definition) is 3. The molecule has 1 heterocycles. The first kappa shape index (κ1) is 12.2. The van der Waals surface area contributed by atoms with Crippen molar-refractivity contribution in [3.05, 3.63) is 21.4 Å². The first-order chi connectivity index (χ1) is 8.81. The van der Waals surface area contributed by atoms with Gasteiger partial charge in [0.25, 0.3) is 5.91 Å². The predicted molar refractivity (Wildman–Crippen MR) is 72.1 cm³/mol. The van der Waals surface area contributed by atoms with Crippen LogP contribution in [0.25, 0.3) is 0 Å². The van der Waals surface area contributed by atoms with Crippen LogP contribution >= 0.6 is 11.3 Å². The molecule has 3 rings (SSSR count). The number of aliphatic hydroxyl groups excluding tert-OH is 1. The molecular weight excluding hydrogens is 246 g/mol.